The summed E-state index contributed by atoms with van der Waals surface area (Å²) in [4.78, 5) is 9.30. The molecule has 0 saturated carbocycles. The van der Waals surface area contributed by atoms with Gasteiger partial charge in [-0.2, -0.15) is 0 Å². The standard InChI is InChI=1S/C7H13ClO3/c1-2-3-7(8,5-9)4-6(10)11/h9H,2-5H2,1H3,(H,10,11). The van der Waals surface area contributed by atoms with E-state index >= 15 is 0 Å². The molecule has 11 heavy (non-hydrogen) atoms. The molecule has 0 aromatic rings. The zero-order chi connectivity index (χ0) is 8.91. The molecule has 0 heterocycles. The van der Waals surface area contributed by atoms with Gasteiger partial charge in [-0.05, 0) is 6.42 Å². The minimum Gasteiger partial charge on any atom is -0.481 e. The Kier molecular flexibility index (Phi) is 4.45. The molecule has 0 aliphatic heterocycles. The highest BCUT2D eigenvalue weighted by Crippen LogP contribution is 2.24. The Hall–Kier alpha value is -0.280. The number of halogens is 1. The molecular weight excluding hydrogens is 168 g/mol. The van der Waals surface area contributed by atoms with E-state index in [-0.39, 0.29) is 13.0 Å². The largest absolute Gasteiger partial charge is 0.481 e. The van der Waals surface area contributed by atoms with Gasteiger partial charge in [0, 0.05) is 0 Å². The van der Waals surface area contributed by atoms with Gasteiger partial charge in [0.1, 0.15) is 0 Å². The molecule has 0 spiro atoms. The van der Waals surface area contributed by atoms with Crippen LogP contribution in [0.25, 0.3) is 0 Å². The Morgan fingerprint density at radius 3 is 2.45 bits per heavy atom. The molecule has 1 unspecified atom stereocenters. The maximum atomic E-state index is 10.3. The van der Waals surface area contributed by atoms with Gasteiger partial charge in [-0.1, -0.05) is 13.3 Å². The predicted molar refractivity (Wildman–Crippen MR) is 42.8 cm³/mol. The molecule has 0 radical (unpaired) electrons. The number of alkyl halides is 1. The number of carbonyl (C=O) groups is 1. The molecule has 2 N–H and O–H groups in total. The highest BCUT2D eigenvalue weighted by Gasteiger charge is 2.28. The third-order valence-corrected chi connectivity index (χ3v) is 1.89. The van der Waals surface area contributed by atoms with Crippen LogP contribution in [0.5, 0.6) is 0 Å². The third-order valence-electron chi connectivity index (χ3n) is 1.45. The molecule has 1 atom stereocenters. The van der Waals surface area contributed by atoms with E-state index in [0.29, 0.717) is 6.42 Å². The van der Waals surface area contributed by atoms with Gasteiger partial charge >= 0.3 is 5.97 Å². The van der Waals surface area contributed by atoms with Gasteiger partial charge < -0.3 is 10.2 Å². The van der Waals surface area contributed by atoms with E-state index in [2.05, 4.69) is 0 Å². The van der Waals surface area contributed by atoms with Crippen molar-refractivity contribution in [3.8, 4) is 0 Å². The van der Waals surface area contributed by atoms with Crippen molar-refractivity contribution >= 4 is 17.6 Å². The molecule has 66 valence electrons. The van der Waals surface area contributed by atoms with Gasteiger partial charge in [0.05, 0.1) is 17.9 Å². The average molecular weight is 181 g/mol. The zero-order valence-corrected chi connectivity index (χ0v) is 7.26. The van der Waals surface area contributed by atoms with Crippen molar-refractivity contribution in [3.63, 3.8) is 0 Å². The molecule has 3 nitrogen and oxygen atoms in total. The topological polar surface area (TPSA) is 57.5 Å². The normalized spacial score (nSPS) is 15.9. The Balaban J connectivity index is 3.98. The fourth-order valence-corrected chi connectivity index (χ4v) is 1.25. The molecule has 0 aromatic carbocycles. The first-order chi connectivity index (χ1) is 5.04. The monoisotopic (exact) mass is 180 g/mol. The van der Waals surface area contributed by atoms with Gasteiger partial charge in [-0.3, -0.25) is 4.79 Å². The molecule has 0 amide bonds. The quantitative estimate of drug-likeness (QED) is 0.626. The van der Waals surface area contributed by atoms with Crippen LogP contribution in [-0.2, 0) is 4.79 Å². The number of carboxylic acids is 1. The van der Waals surface area contributed by atoms with Gasteiger partial charge in [0.15, 0.2) is 0 Å². The number of aliphatic hydroxyl groups excluding tert-OH is 1. The molecule has 0 aliphatic carbocycles. The summed E-state index contributed by atoms with van der Waals surface area (Å²) in [5.74, 6) is -0.970. The molecule has 0 rings (SSSR count). The minimum absolute atomic E-state index is 0.182. The molecule has 0 aliphatic rings. The summed E-state index contributed by atoms with van der Waals surface area (Å²) >= 11 is 5.79. The van der Waals surface area contributed by atoms with Crippen LogP contribution in [0.2, 0.25) is 0 Å². The highest BCUT2D eigenvalue weighted by atomic mass is 35.5. The Morgan fingerprint density at radius 2 is 2.18 bits per heavy atom. The van der Waals surface area contributed by atoms with Crippen LogP contribution in [-0.4, -0.2) is 27.7 Å². The van der Waals surface area contributed by atoms with Crippen molar-refractivity contribution in [2.45, 2.75) is 31.1 Å². The lowest BCUT2D eigenvalue weighted by Gasteiger charge is -2.21. The Labute approximate surface area is 71.0 Å². The number of rotatable bonds is 5. The second kappa shape index (κ2) is 4.57. The lowest BCUT2D eigenvalue weighted by Crippen LogP contribution is -2.29. The maximum absolute atomic E-state index is 10.3. The number of hydrogen-bond acceptors (Lipinski definition) is 2. The lowest BCUT2D eigenvalue weighted by molar-refractivity contribution is -0.138. The maximum Gasteiger partial charge on any atom is 0.305 e. The summed E-state index contributed by atoms with van der Waals surface area (Å²) < 4.78 is 0. The van der Waals surface area contributed by atoms with Crippen LogP contribution in [0.4, 0.5) is 0 Å². The summed E-state index contributed by atoms with van der Waals surface area (Å²) in [7, 11) is 0. The third kappa shape index (κ3) is 4.22. The number of hydrogen-bond donors (Lipinski definition) is 2. The minimum atomic E-state index is -0.970. The predicted octanol–water partition coefficient (Wildman–Crippen LogP) is 1.23. The van der Waals surface area contributed by atoms with E-state index in [0.717, 1.165) is 6.42 Å². The van der Waals surface area contributed by atoms with Crippen LogP contribution in [0, 0.1) is 0 Å². The van der Waals surface area contributed by atoms with E-state index in [1.165, 1.54) is 0 Å². The summed E-state index contributed by atoms with van der Waals surface area (Å²) in [5.41, 5.74) is 0. The van der Waals surface area contributed by atoms with Gasteiger partial charge in [-0.15, -0.1) is 11.6 Å². The molecule has 0 bridgehead atoms. The van der Waals surface area contributed by atoms with Crippen LogP contribution < -0.4 is 0 Å². The SMILES string of the molecule is CCCC(Cl)(CO)CC(=O)O. The summed E-state index contributed by atoms with van der Waals surface area (Å²) in [6.45, 7) is 1.61. The fourth-order valence-electron chi connectivity index (χ4n) is 0.942. The van der Waals surface area contributed by atoms with Gasteiger partial charge in [0.25, 0.3) is 0 Å². The highest BCUT2D eigenvalue weighted by molar-refractivity contribution is 6.25. The number of aliphatic hydroxyl groups is 1. The Morgan fingerprint density at radius 1 is 1.64 bits per heavy atom. The van der Waals surface area contributed by atoms with Crippen LogP contribution >= 0.6 is 11.6 Å². The van der Waals surface area contributed by atoms with Crippen molar-refractivity contribution < 1.29 is 15.0 Å². The fraction of sp³-hybridized carbons (Fsp3) is 0.857. The molecule has 0 aromatic heterocycles. The second-order valence-electron chi connectivity index (χ2n) is 2.63. The first kappa shape index (κ1) is 10.7. The average Bonchev–Trinajstić information content (AvgIpc) is 1.87. The first-order valence-electron chi connectivity index (χ1n) is 3.55. The molecule has 0 saturated heterocycles. The number of aliphatic carboxylic acids is 1. The summed E-state index contributed by atoms with van der Waals surface area (Å²) in [5, 5.41) is 17.2. The van der Waals surface area contributed by atoms with Crippen LogP contribution in [0.3, 0.4) is 0 Å². The first-order valence-corrected chi connectivity index (χ1v) is 3.93. The van der Waals surface area contributed by atoms with E-state index in [1.54, 1.807) is 0 Å². The molecular formula is C7H13ClO3. The van der Waals surface area contributed by atoms with Crippen molar-refractivity contribution in [2.24, 2.45) is 0 Å². The summed E-state index contributed by atoms with van der Waals surface area (Å²) in [6.07, 6.45) is 1.12. The zero-order valence-electron chi connectivity index (χ0n) is 6.51. The van der Waals surface area contributed by atoms with E-state index < -0.39 is 10.8 Å². The Bertz CT molecular complexity index is 138. The second-order valence-corrected chi connectivity index (χ2v) is 3.43. The van der Waals surface area contributed by atoms with Gasteiger partial charge in [0.2, 0.25) is 0 Å². The van der Waals surface area contributed by atoms with E-state index in [9.17, 15) is 4.79 Å². The molecule has 4 heteroatoms. The van der Waals surface area contributed by atoms with Crippen LogP contribution in [0.15, 0.2) is 0 Å². The van der Waals surface area contributed by atoms with Gasteiger partial charge in [-0.25, -0.2) is 0 Å². The van der Waals surface area contributed by atoms with E-state index in [4.69, 9.17) is 21.8 Å². The van der Waals surface area contributed by atoms with Crippen molar-refractivity contribution in [1.82, 2.24) is 0 Å². The van der Waals surface area contributed by atoms with E-state index in [1.807, 2.05) is 6.92 Å². The molecule has 0 fully saturated rings. The lowest BCUT2D eigenvalue weighted by atomic mass is 10.00. The summed E-state index contributed by atoms with van der Waals surface area (Å²) in [6, 6.07) is 0. The van der Waals surface area contributed by atoms with Crippen LogP contribution in [0.1, 0.15) is 26.2 Å². The number of carboxylic acid groups (broad SMARTS) is 1. The van der Waals surface area contributed by atoms with Crippen molar-refractivity contribution in [1.29, 1.82) is 0 Å². The van der Waals surface area contributed by atoms with Crippen molar-refractivity contribution in [3.05, 3.63) is 0 Å². The smallest absolute Gasteiger partial charge is 0.305 e. The van der Waals surface area contributed by atoms with Crippen molar-refractivity contribution in [2.75, 3.05) is 6.61 Å².